The molecule has 0 heterocycles. The van der Waals surface area contributed by atoms with Gasteiger partial charge in [-0.05, 0) is 68.4 Å². The Hall–Kier alpha value is -0.600. The second-order valence-corrected chi connectivity index (χ2v) is 5.89. The summed E-state index contributed by atoms with van der Waals surface area (Å²) in [5.74, 6) is -0.192. The molecule has 0 aliphatic heterocycles. The van der Waals surface area contributed by atoms with E-state index in [4.69, 9.17) is 16.3 Å². The molecule has 2 rings (SSSR count). The van der Waals surface area contributed by atoms with Crippen LogP contribution in [0.4, 0.5) is 4.39 Å². The maximum absolute atomic E-state index is 13.3. The zero-order valence-electron chi connectivity index (χ0n) is 11.2. The summed E-state index contributed by atoms with van der Waals surface area (Å²) in [4.78, 5) is 0. The Morgan fingerprint density at radius 2 is 1.89 bits per heavy atom. The second-order valence-electron chi connectivity index (χ2n) is 5.37. The van der Waals surface area contributed by atoms with Crippen molar-refractivity contribution >= 4 is 11.6 Å². The highest BCUT2D eigenvalue weighted by molar-refractivity contribution is 6.21. The number of hydrogen-bond acceptors (Lipinski definition) is 1. The average Bonchev–Trinajstić information content (AvgIpc) is 2.21. The van der Waals surface area contributed by atoms with Crippen LogP contribution in [-0.2, 0) is 4.74 Å². The maximum Gasteiger partial charge on any atom is 0.123 e. The molecule has 0 spiro atoms. The number of halogens is 2. The van der Waals surface area contributed by atoms with Crippen LogP contribution >= 0.6 is 11.6 Å². The third-order valence-corrected chi connectivity index (χ3v) is 4.49. The van der Waals surface area contributed by atoms with E-state index in [1.807, 2.05) is 13.8 Å². The molecule has 18 heavy (non-hydrogen) atoms. The molecule has 100 valence electrons. The molecule has 0 aromatic heterocycles. The Kier molecular flexibility index (Phi) is 3.98. The van der Waals surface area contributed by atoms with Gasteiger partial charge in [-0.2, -0.15) is 0 Å². The summed E-state index contributed by atoms with van der Waals surface area (Å²) in [5.41, 5.74) is 2.86. The van der Waals surface area contributed by atoms with Crippen LogP contribution in [0, 0.1) is 19.7 Å². The second kappa shape index (κ2) is 5.18. The van der Waals surface area contributed by atoms with E-state index >= 15 is 0 Å². The topological polar surface area (TPSA) is 9.23 Å². The summed E-state index contributed by atoms with van der Waals surface area (Å²) in [5, 5.41) is -0.106. The van der Waals surface area contributed by atoms with Crippen molar-refractivity contribution in [2.75, 3.05) is 7.11 Å². The zero-order valence-corrected chi connectivity index (χ0v) is 12.0. The Labute approximate surface area is 113 Å². The number of rotatable bonds is 4. The highest BCUT2D eigenvalue weighted by Gasteiger charge is 2.39. The van der Waals surface area contributed by atoms with Crippen LogP contribution in [0.1, 0.15) is 47.8 Å². The van der Waals surface area contributed by atoms with Crippen molar-refractivity contribution in [3.63, 3.8) is 0 Å². The smallest absolute Gasteiger partial charge is 0.123 e. The van der Waals surface area contributed by atoms with Gasteiger partial charge in [0, 0.05) is 7.11 Å². The summed E-state index contributed by atoms with van der Waals surface area (Å²) in [6, 6.07) is 3.11. The standard InChI is InChI=1S/C15H20ClFO/c1-10-7-12(17)8-11(2)14(10)13(16)9-15(18-3)5-4-6-15/h7-8,13H,4-6,9H2,1-3H3. The van der Waals surface area contributed by atoms with Crippen molar-refractivity contribution < 1.29 is 9.13 Å². The normalized spacial score (nSPS) is 19.4. The molecule has 1 nitrogen and oxygen atoms in total. The lowest BCUT2D eigenvalue weighted by molar-refractivity contribution is -0.0780. The first kappa shape index (κ1) is 13.8. The van der Waals surface area contributed by atoms with Crippen molar-refractivity contribution in [2.45, 2.75) is 50.5 Å². The number of methoxy groups -OCH3 is 1. The zero-order chi connectivity index (χ0) is 13.3. The van der Waals surface area contributed by atoms with E-state index < -0.39 is 0 Å². The maximum atomic E-state index is 13.3. The van der Waals surface area contributed by atoms with E-state index in [1.165, 1.54) is 6.42 Å². The van der Waals surface area contributed by atoms with Crippen LogP contribution in [-0.4, -0.2) is 12.7 Å². The molecule has 1 fully saturated rings. The summed E-state index contributed by atoms with van der Waals surface area (Å²) in [6.07, 6.45) is 4.16. The SMILES string of the molecule is COC1(CC(Cl)c2c(C)cc(F)cc2C)CCC1. The van der Waals surface area contributed by atoms with Crippen LogP contribution in [0.2, 0.25) is 0 Å². The molecule has 3 heteroatoms. The summed E-state index contributed by atoms with van der Waals surface area (Å²) in [6.45, 7) is 3.84. The first-order valence-corrected chi connectivity index (χ1v) is 6.87. The number of alkyl halides is 1. The van der Waals surface area contributed by atoms with Crippen LogP contribution < -0.4 is 0 Å². The largest absolute Gasteiger partial charge is 0.378 e. The average molecular weight is 271 g/mol. The van der Waals surface area contributed by atoms with Gasteiger partial charge in [-0.3, -0.25) is 0 Å². The summed E-state index contributed by atoms with van der Waals surface area (Å²) in [7, 11) is 1.76. The molecule has 1 aromatic rings. The van der Waals surface area contributed by atoms with Crippen LogP contribution in [0.25, 0.3) is 0 Å². The Morgan fingerprint density at radius 1 is 1.33 bits per heavy atom. The van der Waals surface area contributed by atoms with Gasteiger partial charge in [0.05, 0.1) is 11.0 Å². The van der Waals surface area contributed by atoms with Gasteiger partial charge in [0.25, 0.3) is 0 Å². The van der Waals surface area contributed by atoms with Crippen molar-refractivity contribution in [3.05, 3.63) is 34.6 Å². The number of benzene rings is 1. The molecule has 0 amide bonds. The van der Waals surface area contributed by atoms with Gasteiger partial charge >= 0.3 is 0 Å². The minimum atomic E-state index is -0.192. The molecule has 1 aliphatic rings. The van der Waals surface area contributed by atoms with Crippen molar-refractivity contribution in [2.24, 2.45) is 0 Å². The minimum absolute atomic E-state index is 0.0559. The first-order valence-electron chi connectivity index (χ1n) is 6.43. The fourth-order valence-corrected chi connectivity index (χ4v) is 3.53. The third-order valence-electron chi connectivity index (χ3n) is 4.12. The molecular formula is C15H20ClFO. The third kappa shape index (κ3) is 2.55. The van der Waals surface area contributed by atoms with Crippen LogP contribution in [0.3, 0.4) is 0 Å². The predicted octanol–water partition coefficient (Wildman–Crippen LogP) is 4.68. The van der Waals surface area contributed by atoms with Gasteiger partial charge in [0.2, 0.25) is 0 Å². The Morgan fingerprint density at radius 3 is 2.28 bits per heavy atom. The van der Waals surface area contributed by atoms with Crippen molar-refractivity contribution in [1.82, 2.24) is 0 Å². The summed E-state index contributed by atoms with van der Waals surface area (Å²) >= 11 is 6.54. The molecule has 0 bridgehead atoms. The van der Waals surface area contributed by atoms with Crippen LogP contribution in [0.15, 0.2) is 12.1 Å². The molecule has 1 aliphatic carbocycles. The molecule has 0 radical (unpaired) electrons. The highest BCUT2D eigenvalue weighted by Crippen LogP contribution is 2.45. The van der Waals surface area contributed by atoms with Crippen LogP contribution in [0.5, 0.6) is 0 Å². The van der Waals surface area contributed by atoms with E-state index in [0.717, 1.165) is 36.0 Å². The van der Waals surface area contributed by atoms with E-state index in [2.05, 4.69) is 0 Å². The van der Waals surface area contributed by atoms with Gasteiger partial charge in [-0.25, -0.2) is 4.39 Å². The fraction of sp³-hybridized carbons (Fsp3) is 0.600. The monoisotopic (exact) mass is 270 g/mol. The lowest BCUT2D eigenvalue weighted by atomic mass is 9.75. The van der Waals surface area contributed by atoms with Crippen molar-refractivity contribution in [1.29, 1.82) is 0 Å². The molecule has 1 unspecified atom stereocenters. The summed E-state index contributed by atoms with van der Waals surface area (Å²) < 4.78 is 18.9. The molecule has 1 saturated carbocycles. The minimum Gasteiger partial charge on any atom is -0.378 e. The molecule has 0 saturated heterocycles. The highest BCUT2D eigenvalue weighted by atomic mass is 35.5. The van der Waals surface area contributed by atoms with E-state index in [9.17, 15) is 4.39 Å². The Bertz CT molecular complexity index is 412. The lowest BCUT2D eigenvalue weighted by Gasteiger charge is -2.42. The molecular weight excluding hydrogens is 251 g/mol. The molecule has 0 N–H and O–H groups in total. The van der Waals surface area contributed by atoms with Gasteiger partial charge in [0.1, 0.15) is 5.82 Å². The van der Waals surface area contributed by atoms with Gasteiger partial charge in [-0.1, -0.05) is 0 Å². The molecule has 1 aromatic carbocycles. The number of ether oxygens (including phenoxy) is 1. The van der Waals surface area contributed by atoms with E-state index in [0.29, 0.717) is 0 Å². The Balaban J connectivity index is 2.21. The van der Waals surface area contributed by atoms with Gasteiger partial charge in [0.15, 0.2) is 0 Å². The van der Waals surface area contributed by atoms with Gasteiger partial charge in [-0.15, -0.1) is 11.6 Å². The first-order chi connectivity index (χ1) is 8.47. The van der Waals surface area contributed by atoms with Crippen molar-refractivity contribution in [3.8, 4) is 0 Å². The van der Waals surface area contributed by atoms with E-state index in [1.54, 1.807) is 19.2 Å². The van der Waals surface area contributed by atoms with Gasteiger partial charge < -0.3 is 4.74 Å². The van der Waals surface area contributed by atoms with E-state index in [-0.39, 0.29) is 16.8 Å². The fourth-order valence-electron chi connectivity index (χ4n) is 2.91. The number of aryl methyl sites for hydroxylation is 2. The quantitative estimate of drug-likeness (QED) is 0.722. The number of hydrogen-bond donors (Lipinski definition) is 0. The lowest BCUT2D eigenvalue weighted by Crippen LogP contribution is -2.40. The predicted molar refractivity (Wildman–Crippen MR) is 72.7 cm³/mol. The molecule has 1 atom stereocenters.